The zero-order chi connectivity index (χ0) is 28.5. The second kappa shape index (κ2) is 14.0. The zero-order valence-electron chi connectivity index (χ0n) is 22.0. The summed E-state index contributed by atoms with van der Waals surface area (Å²) in [7, 11) is 0. The quantitative estimate of drug-likeness (QED) is 0.101. The van der Waals surface area contributed by atoms with Gasteiger partial charge in [-0.15, -0.1) is 11.8 Å². The van der Waals surface area contributed by atoms with Gasteiger partial charge in [-0.25, -0.2) is 0 Å². The van der Waals surface area contributed by atoms with E-state index in [-0.39, 0.29) is 22.8 Å². The van der Waals surface area contributed by atoms with Crippen LogP contribution in [0, 0.1) is 10.5 Å². The molecular weight excluding hydrogens is 633 g/mol. The van der Waals surface area contributed by atoms with E-state index in [2.05, 4.69) is 38.5 Å². The van der Waals surface area contributed by atoms with Crippen LogP contribution in [-0.2, 0) is 9.59 Å². The highest BCUT2D eigenvalue weighted by atomic mass is 127. The maximum absolute atomic E-state index is 13.4. The van der Waals surface area contributed by atoms with Crippen molar-refractivity contribution in [1.29, 1.82) is 0 Å². The van der Waals surface area contributed by atoms with Crippen LogP contribution in [0.1, 0.15) is 28.4 Å². The molecule has 4 rings (SSSR count). The molecule has 0 aliphatic rings. The van der Waals surface area contributed by atoms with Crippen molar-refractivity contribution >= 4 is 69.5 Å². The van der Waals surface area contributed by atoms with E-state index in [0.717, 1.165) is 25.3 Å². The number of amides is 3. The first kappa shape index (κ1) is 29.1. The Hall–Kier alpha value is -3.89. The molecule has 3 amide bonds. The Morgan fingerprint density at radius 2 is 1.50 bits per heavy atom. The van der Waals surface area contributed by atoms with E-state index in [9.17, 15) is 14.4 Å². The van der Waals surface area contributed by atoms with Gasteiger partial charge in [-0.05, 0) is 108 Å². The minimum atomic E-state index is -0.459. The van der Waals surface area contributed by atoms with Crippen LogP contribution in [0.25, 0.3) is 6.08 Å². The highest BCUT2D eigenvalue weighted by molar-refractivity contribution is 14.1. The monoisotopic (exact) mass is 661 g/mol. The number of rotatable bonds is 9. The number of nitrogens with one attached hydrogen (secondary N) is 3. The molecule has 0 aliphatic carbocycles. The van der Waals surface area contributed by atoms with E-state index in [1.807, 2.05) is 86.6 Å². The number of benzene rings is 4. The summed E-state index contributed by atoms with van der Waals surface area (Å²) in [4.78, 5) is 39.8. The predicted molar refractivity (Wildman–Crippen MR) is 171 cm³/mol. The van der Waals surface area contributed by atoms with Crippen molar-refractivity contribution in [3.63, 3.8) is 0 Å². The summed E-state index contributed by atoms with van der Waals surface area (Å²) in [5.41, 5.74) is 3.64. The van der Waals surface area contributed by atoms with Crippen LogP contribution >= 0.6 is 34.4 Å². The number of anilines is 2. The van der Waals surface area contributed by atoms with Gasteiger partial charge in [0.1, 0.15) is 5.70 Å². The first-order chi connectivity index (χ1) is 19.3. The summed E-state index contributed by atoms with van der Waals surface area (Å²) in [5.74, 6) is -0.959. The standard InChI is InChI=1S/C32H28IN3O3S/c1-21-9-6-7-12-24(21)19-29(36-31(38)23-10-4-3-5-11-23)32(39)35-27-13-8-14-28(20-27)40-22(2)30(37)34-26-17-15-25(33)16-18-26/h3-20,22H,1-2H3,(H,34,37)(H,35,39)(H,36,38)/b29-19-. The Balaban J connectivity index is 1.48. The van der Waals surface area contributed by atoms with Gasteiger partial charge in [-0.2, -0.15) is 0 Å². The van der Waals surface area contributed by atoms with Crippen LogP contribution in [0.2, 0.25) is 0 Å². The fourth-order valence-electron chi connectivity index (χ4n) is 3.73. The molecule has 1 atom stereocenters. The molecule has 0 radical (unpaired) electrons. The van der Waals surface area contributed by atoms with Gasteiger partial charge in [0.2, 0.25) is 5.91 Å². The molecule has 40 heavy (non-hydrogen) atoms. The minimum absolute atomic E-state index is 0.117. The fraction of sp³-hybridized carbons (Fsp3) is 0.0938. The molecule has 3 N–H and O–H groups in total. The van der Waals surface area contributed by atoms with Gasteiger partial charge in [-0.3, -0.25) is 14.4 Å². The molecule has 202 valence electrons. The summed E-state index contributed by atoms with van der Waals surface area (Å²) < 4.78 is 1.09. The van der Waals surface area contributed by atoms with Gasteiger partial charge in [0.15, 0.2) is 0 Å². The van der Waals surface area contributed by atoms with Gasteiger partial charge >= 0.3 is 0 Å². The number of hydrogen-bond donors (Lipinski definition) is 3. The van der Waals surface area contributed by atoms with Crippen molar-refractivity contribution in [1.82, 2.24) is 5.32 Å². The first-order valence-corrected chi connectivity index (χ1v) is 14.5. The van der Waals surface area contributed by atoms with Crippen molar-refractivity contribution in [3.05, 3.63) is 129 Å². The van der Waals surface area contributed by atoms with Crippen molar-refractivity contribution in [2.45, 2.75) is 24.0 Å². The third kappa shape index (κ3) is 8.30. The maximum atomic E-state index is 13.4. The number of halogens is 1. The van der Waals surface area contributed by atoms with E-state index in [0.29, 0.717) is 11.3 Å². The smallest absolute Gasteiger partial charge is 0.272 e. The van der Waals surface area contributed by atoms with E-state index < -0.39 is 5.91 Å². The molecule has 0 heterocycles. The number of thioether (sulfide) groups is 1. The number of hydrogen-bond acceptors (Lipinski definition) is 4. The lowest BCUT2D eigenvalue weighted by molar-refractivity contribution is -0.115. The second-order valence-corrected chi connectivity index (χ2v) is 11.6. The molecule has 0 fully saturated rings. The van der Waals surface area contributed by atoms with Crippen LogP contribution in [0.5, 0.6) is 0 Å². The van der Waals surface area contributed by atoms with Gasteiger partial charge in [0.05, 0.1) is 5.25 Å². The highest BCUT2D eigenvalue weighted by Crippen LogP contribution is 2.27. The first-order valence-electron chi connectivity index (χ1n) is 12.6. The van der Waals surface area contributed by atoms with Crippen LogP contribution in [0.3, 0.4) is 0 Å². The molecule has 4 aromatic carbocycles. The van der Waals surface area contributed by atoms with E-state index in [1.54, 1.807) is 36.4 Å². The molecule has 0 saturated carbocycles. The van der Waals surface area contributed by atoms with Crippen molar-refractivity contribution in [2.24, 2.45) is 0 Å². The number of aryl methyl sites for hydroxylation is 1. The summed E-state index contributed by atoms with van der Waals surface area (Å²) in [6.45, 7) is 3.77. The number of carbonyl (C=O) groups is 3. The van der Waals surface area contributed by atoms with Crippen LogP contribution in [-0.4, -0.2) is 23.0 Å². The minimum Gasteiger partial charge on any atom is -0.325 e. The molecule has 0 aromatic heterocycles. The molecule has 0 saturated heterocycles. The SMILES string of the molecule is Cc1ccccc1/C=C(\NC(=O)c1ccccc1)C(=O)Nc1cccc(SC(C)C(=O)Nc2ccc(I)cc2)c1. The van der Waals surface area contributed by atoms with E-state index >= 15 is 0 Å². The van der Waals surface area contributed by atoms with Gasteiger partial charge in [0, 0.05) is 25.4 Å². The molecular formula is C32H28IN3O3S. The normalized spacial score (nSPS) is 11.8. The average Bonchev–Trinajstić information content (AvgIpc) is 2.95. The second-order valence-electron chi connectivity index (χ2n) is 8.97. The van der Waals surface area contributed by atoms with Crippen LogP contribution in [0.15, 0.2) is 114 Å². The average molecular weight is 662 g/mol. The van der Waals surface area contributed by atoms with Crippen molar-refractivity contribution in [3.8, 4) is 0 Å². The number of carbonyl (C=O) groups excluding carboxylic acids is 3. The van der Waals surface area contributed by atoms with E-state index in [4.69, 9.17) is 0 Å². The molecule has 0 aliphatic heterocycles. The third-order valence-electron chi connectivity index (χ3n) is 5.90. The topological polar surface area (TPSA) is 87.3 Å². The third-order valence-corrected chi connectivity index (χ3v) is 7.72. The van der Waals surface area contributed by atoms with Gasteiger partial charge < -0.3 is 16.0 Å². The molecule has 6 nitrogen and oxygen atoms in total. The lowest BCUT2D eigenvalue weighted by Crippen LogP contribution is -2.30. The zero-order valence-corrected chi connectivity index (χ0v) is 25.0. The highest BCUT2D eigenvalue weighted by Gasteiger charge is 2.17. The van der Waals surface area contributed by atoms with Crippen LogP contribution in [0.4, 0.5) is 11.4 Å². The Bertz CT molecular complexity index is 1540. The molecule has 1 unspecified atom stereocenters. The maximum Gasteiger partial charge on any atom is 0.272 e. The van der Waals surface area contributed by atoms with Crippen molar-refractivity contribution < 1.29 is 14.4 Å². The summed E-state index contributed by atoms with van der Waals surface area (Å²) in [6.07, 6.45) is 1.67. The van der Waals surface area contributed by atoms with Gasteiger partial charge in [-0.1, -0.05) is 48.5 Å². The summed E-state index contributed by atoms with van der Waals surface area (Å²) in [6, 6.07) is 31.2. The van der Waals surface area contributed by atoms with Gasteiger partial charge in [0.25, 0.3) is 11.8 Å². The van der Waals surface area contributed by atoms with Crippen LogP contribution < -0.4 is 16.0 Å². The lowest BCUT2D eigenvalue weighted by atomic mass is 10.1. The predicted octanol–water partition coefficient (Wildman–Crippen LogP) is 7.13. The molecule has 4 aromatic rings. The Kier molecular flexibility index (Phi) is 10.2. The largest absolute Gasteiger partial charge is 0.325 e. The Morgan fingerprint density at radius 3 is 2.23 bits per heavy atom. The van der Waals surface area contributed by atoms with E-state index in [1.165, 1.54) is 11.8 Å². The summed E-state index contributed by atoms with van der Waals surface area (Å²) >= 11 is 3.60. The Labute approximate surface area is 251 Å². The van der Waals surface area contributed by atoms with Crippen molar-refractivity contribution in [2.75, 3.05) is 10.6 Å². The molecule has 8 heteroatoms. The fourth-order valence-corrected chi connectivity index (χ4v) is 5.01. The molecule has 0 bridgehead atoms. The summed E-state index contributed by atoms with van der Waals surface area (Å²) in [5, 5.41) is 8.22. The lowest BCUT2D eigenvalue weighted by Gasteiger charge is -2.14. The Morgan fingerprint density at radius 1 is 0.800 bits per heavy atom. The molecule has 0 spiro atoms.